The third kappa shape index (κ3) is 4.35. The summed E-state index contributed by atoms with van der Waals surface area (Å²) in [5.74, 6) is 0. The zero-order valence-electron chi connectivity index (χ0n) is 11.9. The fourth-order valence-electron chi connectivity index (χ4n) is 2.58. The number of hydrogen-bond acceptors (Lipinski definition) is 4. The maximum absolute atomic E-state index is 9.83. The molecule has 0 aliphatic carbocycles. The lowest BCUT2D eigenvalue weighted by molar-refractivity contribution is 0.154. The summed E-state index contributed by atoms with van der Waals surface area (Å²) in [6.45, 7) is 3.95. The molecular weight excluding hydrogens is 276 g/mol. The Morgan fingerprint density at radius 3 is 3.10 bits per heavy atom. The molecule has 1 aromatic carbocycles. The molecular formula is C15H23ClN2O2. The second-order valence-corrected chi connectivity index (χ2v) is 5.62. The first-order chi connectivity index (χ1) is 9.70. The number of nitrogens with one attached hydrogen (secondary N) is 1. The Morgan fingerprint density at radius 2 is 2.35 bits per heavy atom. The van der Waals surface area contributed by atoms with Crippen molar-refractivity contribution >= 4 is 17.3 Å². The van der Waals surface area contributed by atoms with Crippen molar-refractivity contribution in [2.24, 2.45) is 0 Å². The smallest absolute Gasteiger partial charge is 0.0715 e. The number of benzene rings is 1. The zero-order valence-corrected chi connectivity index (χ0v) is 12.7. The number of aliphatic hydroxyl groups excluding tert-OH is 1. The average Bonchev–Trinajstić information content (AvgIpc) is 2.44. The van der Waals surface area contributed by atoms with Crippen molar-refractivity contribution < 1.29 is 9.84 Å². The summed E-state index contributed by atoms with van der Waals surface area (Å²) in [7, 11) is 1.70. The molecule has 1 aromatic rings. The van der Waals surface area contributed by atoms with Crippen LogP contribution < -0.4 is 10.2 Å². The zero-order chi connectivity index (χ0) is 14.4. The van der Waals surface area contributed by atoms with Gasteiger partial charge in [-0.2, -0.15) is 0 Å². The molecule has 2 N–H and O–H groups in total. The standard InChI is InChI=1S/C15H23ClN2O2/c1-20-8-6-17-10-12-9-13(16)4-5-15(12)18-7-2-3-14(19)11-18/h4-5,9,14,17,19H,2-3,6-8,10-11H2,1H3. The van der Waals surface area contributed by atoms with Gasteiger partial charge in [-0.1, -0.05) is 11.6 Å². The van der Waals surface area contributed by atoms with E-state index in [1.54, 1.807) is 7.11 Å². The molecule has 1 heterocycles. The lowest BCUT2D eigenvalue weighted by atomic mass is 10.1. The molecule has 0 bridgehead atoms. The maximum atomic E-state index is 9.83. The van der Waals surface area contributed by atoms with E-state index in [9.17, 15) is 5.11 Å². The van der Waals surface area contributed by atoms with Gasteiger partial charge in [-0.05, 0) is 36.6 Å². The highest BCUT2D eigenvalue weighted by molar-refractivity contribution is 6.30. The van der Waals surface area contributed by atoms with Gasteiger partial charge in [0.05, 0.1) is 12.7 Å². The van der Waals surface area contributed by atoms with Crippen molar-refractivity contribution in [2.45, 2.75) is 25.5 Å². The highest BCUT2D eigenvalue weighted by Gasteiger charge is 2.19. The SMILES string of the molecule is COCCNCc1cc(Cl)ccc1N1CCCC(O)C1. The van der Waals surface area contributed by atoms with Gasteiger partial charge in [-0.3, -0.25) is 0 Å². The quantitative estimate of drug-likeness (QED) is 0.789. The van der Waals surface area contributed by atoms with Crippen molar-refractivity contribution in [3.05, 3.63) is 28.8 Å². The van der Waals surface area contributed by atoms with Crippen LogP contribution in [0.25, 0.3) is 0 Å². The summed E-state index contributed by atoms with van der Waals surface area (Å²) >= 11 is 6.10. The summed E-state index contributed by atoms with van der Waals surface area (Å²) in [6.07, 6.45) is 1.69. The Kier molecular flexibility index (Phi) is 6.10. The first kappa shape index (κ1) is 15.6. The number of hydrogen-bond donors (Lipinski definition) is 2. The first-order valence-corrected chi connectivity index (χ1v) is 7.49. The van der Waals surface area contributed by atoms with Crippen LogP contribution in [0.4, 0.5) is 5.69 Å². The summed E-state index contributed by atoms with van der Waals surface area (Å²) in [5.41, 5.74) is 2.33. The van der Waals surface area contributed by atoms with E-state index >= 15 is 0 Å². The van der Waals surface area contributed by atoms with Crippen molar-refractivity contribution in [3.8, 4) is 0 Å². The van der Waals surface area contributed by atoms with Gasteiger partial charge >= 0.3 is 0 Å². The number of piperidine rings is 1. The normalized spacial score (nSPS) is 19.4. The molecule has 0 spiro atoms. The van der Waals surface area contributed by atoms with Gasteiger partial charge in [0.2, 0.25) is 0 Å². The molecule has 1 unspecified atom stereocenters. The molecule has 1 atom stereocenters. The molecule has 0 aromatic heterocycles. The molecule has 1 saturated heterocycles. The van der Waals surface area contributed by atoms with Crippen LogP contribution in [0.2, 0.25) is 5.02 Å². The highest BCUT2D eigenvalue weighted by atomic mass is 35.5. The molecule has 20 heavy (non-hydrogen) atoms. The molecule has 2 rings (SSSR count). The number of halogens is 1. The Hall–Kier alpha value is -0.810. The number of β-amino-alcohol motifs (C(OH)–C–C–N with tert-alkyl or cyclic N) is 1. The van der Waals surface area contributed by atoms with Gasteiger partial charge in [-0.25, -0.2) is 0 Å². The Bertz CT molecular complexity index is 428. The van der Waals surface area contributed by atoms with Crippen LogP contribution in [0.5, 0.6) is 0 Å². The van der Waals surface area contributed by atoms with E-state index in [4.69, 9.17) is 16.3 Å². The van der Waals surface area contributed by atoms with Crippen LogP contribution >= 0.6 is 11.6 Å². The molecule has 112 valence electrons. The minimum Gasteiger partial charge on any atom is -0.391 e. The second-order valence-electron chi connectivity index (χ2n) is 5.18. The Morgan fingerprint density at radius 1 is 1.50 bits per heavy atom. The molecule has 4 nitrogen and oxygen atoms in total. The topological polar surface area (TPSA) is 44.7 Å². The van der Waals surface area contributed by atoms with E-state index in [-0.39, 0.29) is 6.10 Å². The molecule has 5 heteroatoms. The molecule has 0 amide bonds. The monoisotopic (exact) mass is 298 g/mol. The third-order valence-corrected chi connectivity index (χ3v) is 3.81. The Balaban J connectivity index is 2.06. The number of anilines is 1. The lowest BCUT2D eigenvalue weighted by Gasteiger charge is -2.33. The van der Waals surface area contributed by atoms with Crippen LogP contribution in [-0.4, -0.2) is 44.6 Å². The molecule has 1 fully saturated rings. The van der Waals surface area contributed by atoms with E-state index in [1.807, 2.05) is 18.2 Å². The van der Waals surface area contributed by atoms with Crippen molar-refractivity contribution in [1.29, 1.82) is 0 Å². The van der Waals surface area contributed by atoms with E-state index in [1.165, 1.54) is 5.56 Å². The van der Waals surface area contributed by atoms with Crippen LogP contribution in [0.15, 0.2) is 18.2 Å². The van der Waals surface area contributed by atoms with Gasteiger partial charge in [0, 0.05) is 44.0 Å². The van der Waals surface area contributed by atoms with E-state index in [0.717, 1.165) is 43.2 Å². The number of rotatable bonds is 6. The predicted molar refractivity (Wildman–Crippen MR) is 82.5 cm³/mol. The minimum atomic E-state index is -0.228. The average molecular weight is 299 g/mol. The van der Waals surface area contributed by atoms with E-state index < -0.39 is 0 Å². The lowest BCUT2D eigenvalue weighted by Crippen LogP contribution is -2.39. The van der Waals surface area contributed by atoms with Crippen LogP contribution in [0.3, 0.4) is 0 Å². The van der Waals surface area contributed by atoms with Gasteiger partial charge in [0.1, 0.15) is 0 Å². The van der Waals surface area contributed by atoms with Crippen molar-refractivity contribution in [3.63, 3.8) is 0 Å². The number of aliphatic hydroxyl groups is 1. The highest BCUT2D eigenvalue weighted by Crippen LogP contribution is 2.27. The molecule has 0 radical (unpaired) electrons. The molecule has 0 saturated carbocycles. The summed E-state index contributed by atoms with van der Waals surface area (Å²) in [4.78, 5) is 2.25. The molecule has 1 aliphatic heterocycles. The Labute approximate surface area is 125 Å². The van der Waals surface area contributed by atoms with E-state index in [0.29, 0.717) is 13.2 Å². The van der Waals surface area contributed by atoms with Crippen LogP contribution in [-0.2, 0) is 11.3 Å². The number of ether oxygens (including phenoxy) is 1. The summed E-state index contributed by atoms with van der Waals surface area (Å²) in [5, 5.41) is 13.9. The summed E-state index contributed by atoms with van der Waals surface area (Å²) < 4.78 is 5.03. The number of methoxy groups -OCH3 is 1. The van der Waals surface area contributed by atoms with Gasteiger partial charge in [0.15, 0.2) is 0 Å². The molecule has 1 aliphatic rings. The first-order valence-electron chi connectivity index (χ1n) is 7.12. The second kappa shape index (κ2) is 7.84. The fourth-order valence-corrected chi connectivity index (χ4v) is 2.77. The van der Waals surface area contributed by atoms with Gasteiger partial charge < -0.3 is 20.1 Å². The van der Waals surface area contributed by atoms with Crippen molar-refractivity contribution in [2.75, 3.05) is 38.3 Å². The minimum absolute atomic E-state index is 0.228. The fraction of sp³-hybridized carbons (Fsp3) is 0.600. The van der Waals surface area contributed by atoms with Crippen LogP contribution in [0, 0.1) is 0 Å². The largest absolute Gasteiger partial charge is 0.391 e. The van der Waals surface area contributed by atoms with Crippen LogP contribution in [0.1, 0.15) is 18.4 Å². The maximum Gasteiger partial charge on any atom is 0.0715 e. The van der Waals surface area contributed by atoms with Gasteiger partial charge in [0.25, 0.3) is 0 Å². The predicted octanol–water partition coefficient (Wildman–Crippen LogP) is 2.04. The van der Waals surface area contributed by atoms with Crippen molar-refractivity contribution in [1.82, 2.24) is 5.32 Å². The summed E-state index contributed by atoms with van der Waals surface area (Å²) in [6, 6.07) is 5.96. The van der Waals surface area contributed by atoms with E-state index in [2.05, 4.69) is 10.2 Å². The van der Waals surface area contributed by atoms with Gasteiger partial charge in [-0.15, -0.1) is 0 Å². The third-order valence-electron chi connectivity index (χ3n) is 3.58. The number of nitrogens with zero attached hydrogens (tertiary/aromatic N) is 1.